The van der Waals surface area contributed by atoms with E-state index in [1.807, 2.05) is 6.07 Å². The van der Waals surface area contributed by atoms with Gasteiger partial charge in [-0.1, -0.05) is 12.1 Å². The Bertz CT molecular complexity index is 377. The van der Waals surface area contributed by atoms with E-state index in [1.54, 1.807) is 19.9 Å². The van der Waals surface area contributed by atoms with Crippen LogP contribution in [0.2, 0.25) is 0 Å². The molecule has 0 fully saturated rings. The molecule has 0 aromatic heterocycles. The molecular formula is C13H17FO. The Balaban J connectivity index is 2.53. The molecule has 1 aliphatic rings. The Hall–Kier alpha value is -0.890. The molecule has 1 aromatic carbocycles. The third-order valence-electron chi connectivity index (χ3n) is 3.12. The Morgan fingerprint density at radius 3 is 2.53 bits per heavy atom. The summed E-state index contributed by atoms with van der Waals surface area (Å²) >= 11 is 0. The van der Waals surface area contributed by atoms with E-state index in [4.69, 9.17) is 0 Å². The molecular weight excluding hydrogens is 191 g/mol. The van der Waals surface area contributed by atoms with Gasteiger partial charge in [0.25, 0.3) is 0 Å². The molecule has 1 aliphatic carbocycles. The minimum absolute atomic E-state index is 0.195. The van der Waals surface area contributed by atoms with E-state index in [0.717, 1.165) is 36.8 Å². The Morgan fingerprint density at radius 1 is 1.20 bits per heavy atom. The summed E-state index contributed by atoms with van der Waals surface area (Å²) in [6, 6.07) is 3.68. The third kappa shape index (κ3) is 1.91. The topological polar surface area (TPSA) is 20.2 Å². The van der Waals surface area contributed by atoms with Crippen LogP contribution in [0.5, 0.6) is 0 Å². The van der Waals surface area contributed by atoms with E-state index in [9.17, 15) is 9.50 Å². The molecule has 0 unspecified atom stereocenters. The maximum Gasteiger partial charge on any atom is 0.132 e. The molecule has 1 N–H and O–H groups in total. The summed E-state index contributed by atoms with van der Waals surface area (Å²) < 4.78 is 14.1. The van der Waals surface area contributed by atoms with Gasteiger partial charge in [-0.3, -0.25) is 0 Å². The molecule has 0 amide bonds. The number of fused-ring (bicyclic) bond motifs is 1. The summed E-state index contributed by atoms with van der Waals surface area (Å²) in [7, 11) is 0. The highest BCUT2D eigenvalue weighted by atomic mass is 19.1. The molecule has 15 heavy (non-hydrogen) atoms. The van der Waals surface area contributed by atoms with Crippen molar-refractivity contribution in [1.82, 2.24) is 0 Å². The molecule has 2 rings (SSSR count). The predicted molar refractivity (Wildman–Crippen MR) is 58.3 cm³/mol. The second kappa shape index (κ2) is 3.60. The van der Waals surface area contributed by atoms with Gasteiger partial charge in [-0.25, -0.2) is 4.39 Å². The third-order valence-corrected chi connectivity index (χ3v) is 3.12. The zero-order valence-electron chi connectivity index (χ0n) is 9.31. The summed E-state index contributed by atoms with van der Waals surface area (Å²) in [6.45, 7) is 3.25. The van der Waals surface area contributed by atoms with Crippen LogP contribution in [-0.2, 0) is 18.4 Å². The molecule has 2 heteroatoms. The van der Waals surface area contributed by atoms with Crippen LogP contribution in [0.15, 0.2) is 12.1 Å². The number of hydrogen-bond donors (Lipinski definition) is 1. The zero-order valence-corrected chi connectivity index (χ0v) is 9.31. The van der Waals surface area contributed by atoms with Crippen LogP contribution in [0.4, 0.5) is 4.39 Å². The first kappa shape index (κ1) is 10.6. The Kier molecular flexibility index (Phi) is 2.55. The second-order valence-electron chi connectivity index (χ2n) is 4.83. The lowest BCUT2D eigenvalue weighted by molar-refractivity contribution is 0.0743. The van der Waals surface area contributed by atoms with Crippen LogP contribution in [0.3, 0.4) is 0 Å². The van der Waals surface area contributed by atoms with Crippen molar-refractivity contribution >= 4 is 0 Å². The average Bonchev–Trinajstić information content (AvgIpc) is 2.16. The maximum atomic E-state index is 14.1. The van der Waals surface area contributed by atoms with Crippen molar-refractivity contribution < 1.29 is 9.50 Å². The lowest BCUT2D eigenvalue weighted by Gasteiger charge is -2.23. The highest BCUT2D eigenvalue weighted by molar-refractivity contribution is 5.37. The number of benzene rings is 1. The average molecular weight is 208 g/mol. The normalized spacial score (nSPS) is 16.3. The van der Waals surface area contributed by atoms with Crippen LogP contribution >= 0.6 is 0 Å². The van der Waals surface area contributed by atoms with E-state index in [0.29, 0.717) is 5.56 Å². The Labute approximate surface area is 89.9 Å². The number of aryl methyl sites for hydroxylation is 1. The van der Waals surface area contributed by atoms with Gasteiger partial charge in [-0.05, 0) is 50.7 Å². The number of hydrogen-bond acceptors (Lipinski definition) is 1. The fourth-order valence-electron chi connectivity index (χ4n) is 2.26. The summed E-state index contributed by atoms with van der Waals surface area (Å²) in [5.41, 5.74) is 1.27. The van der Waals surface area contributed by atoms with Gasteiger partial charge in [-0.2, -0.15) is 0 Å². The van der Waals surface area contributed by atoms with Gasteiger partial charge in [0.15, 0.2) is 0 Å². The molecule has 1 nitrogen and oxygen atoms in total. The molecule has 82 valence electrons. The van der Waals surface area contributed by atoms with E-state index in [-0.39, 0.29) is 5.82 Å². The van der Waals surface area contributed by atoms with Gasteiger partial charge in [0.2, 0.25) is 0 Å². The van der Waals surface area contributed by atoms with Gasteiger partial charge in [0.05, 0.1) is 5.60 Å². The van der Waals surface area contributed by atoms with E-state index in [1.165, 1.54) is 0 Å². The molecule has 0 aliphatic heterocycles. The smallest absolute Gasteiger partial charge is 0.132 e. The van der Waals surface area contributed by atoms with Gasteiger partial charge in [0, 0.05) is 5.56 Å². The van der Waals surface area contributed by atoms with Gasteiger partial charge >= 0.3 is 0 Å². The van der Waals surface area contributed by atoms with Crippen LogP contribution in [0.25, 0.3) is 0 Å². The maximum absolute atomic E-state index is 14.1. The fraction of sp³-hybridized carbons (Fsp3) is 0.538. The highest BCUT2D eigenvalue weighted by Crippen LogP contribution is 2.30. The van der Waals surface area contributed by atoms with E-state index in [2.05, 4.69) is 0 Å². The van der Waals surface area contributed by atoms with E-state index >= 15 is 0 Å². The predicted octanol–water partition coefficient (Wildman–Crippen LogP) is 2.93. The molecule has 0 saturated heterocycles. The number of aliphatic hydroxyl groups is 1. The van der Waals surface area contributed by atoms with Crippen molar-refractivity contribution in [2.75, 3.05) is 0 Å². The van der Waals surface area contributed by atoms with Crippen LogP contribution in [0, 0.1) is 5.82 Å². The quantitative estimate of drug-likeness (QED) is 0.752. The van der Waals surface area contributed by atoms with Gasteiger partial charge in [-0.15, -0.1) is 0 Å². The SMILES string of the molecule is CC(C)(O)c1ccc2c(c1F)CCCC2. The fourth-order valence-corrected chi connectivity index (χ4v) is 2.26. The van der Waals surface area contributed by atoms with Crippen LogP contribution in [-0.4, -0.2) is 5.11 Å². The summed E-state index contributed by atoms with van der Waals surface area (Å²) in [5, 5.41) is 9.83. The minimum Gasteiger partial charge on any atom is -0.386 e. The van der Waals surface area contributed by atoms with Gasteiger partial charge < -0.3 is 5.11 Å². The highest BCUT2D eigenvalue weighted by Gasteiger charge is 2.24. The molecule has 0 bridgehead atoms. The van der Waals surface area contributed by atoms with E-state index < -0.39 is 5.60 Å². The van der Waals surface area contributed by atoms with Crippen LogP contribution in [0.1, 0.15) is 43.4 Å². The first-order valence-electron chi connectivity index (χ1n) is 5.53. The summed E-state index contributed by atoms with van der Waals surface area (Å²) in [5.74, 6) is -0.195. The molecule has 0 heterocycles. The number of rotatable bonds is 1. The molecule has 0 radical (unpaired) electrons. The van der Waals surface area contributed by atoms with Crippen molar-refractivity contribution in [3.05, 3.63) is 34.6 Å². The van der Waals surface area contributed by atoms with Crippen molar-refractivity contribution in [3.8, 4) is 0 Å². The Morgan fingerprint density at radius 2 is 1.87 bits per heavy atom. The monoisotopic (exact) mass is 208 g/mol. The van der Waals surface area contributed by atoms with Gasteiger partial charge in [0.1, 0.15) is 5.82 Å². The summed E-state index contributed by atoms with van der Waals surface area (Å²) in [6.07, 6.45) is 3.98. The lowest BCUT2D eigenvalue weighted by atomic mass is 9.86. The van der Waals surface area contributed by atoms with Crippen molar-refractivity contribution in [3.63, 3.8) is 0 Å². The minimum atomic E-state index is -1.09. The molecule has 0 atom stereocenters. The first-order valence-corrected chi connectivity index (χ1v) is 5.53. The summed E-state index contributed by atoms with van der Waals surface area (Å²) in [4.78, 5) is 0. The van der Waals surface area contributed by atoms with Crippen molar-refractivity contribution in [2.45, 2.75) is 45.1 Å². The zero-order chi connectivity index (χ0) is 11.1. The van der Waals surface area contributed by atoms with Crippen LogP contribution < -0.4 is 0 Å². The lowest BCUT2D eigenvalue weighted by Crippen LogP contribution is -2.20. The number of halogens is 1. The molecule has 1 aromatic rings. The van der Waals surface area contributed by atoms with Crippen molar-refractivity contribution in [2.24, 2.45) is 0 Å². The van der Waals surface area contributed by atoms with Crippen molar-refractivity contribution in [1.29, 1.82) is 0 Å². The second-order valence-corrected chi connectivity index (χ2v) is 4.83. The molecule has 0 spiro atoms. The standard InChI is InChI=1S/C13H17FO/c1-13(2,15)11-8-7-9-5-3-4-6-10(9)12(11)14/h7-8,15H,3-6H2,1-2H3. The molecule has 0 saturated carbocycles. The largest absolute Gasteiger partial charge is 0.386 e. The first-order chi connectivity index (χ1) is 7.00.